The molecule has 2 N–H and O–H groups in total. The van der Waals surface area contributed by atoms with Gasteiger partial charge in [0.2, 0.25) is 5.91 Å². The molecular weight excluding hydrogens is 403 g/mol. The quantitative estimate of drug-likeness (QED) is 0.754. The molecule has 2 aliphatic rings. The Labute approximate surface area is 169 Å². The lowest BCUT2D eigenvalue weighted by Gasteiger charge is -2.35. The maximum Gasteiger partial charge on any atom is 0.248 e. The monoisotopic (exact) mass is 424 g/mol. The Morgan fingerprint density at radius 2 is 2.12 bits per heavy atom. The minimum absolute atomic E-state index is 0. The Morgan fingerprint density at radius 1 is 1.35 bits per heavy atom. The number of rotatable bonds is 5. The molecule has 0 bridgehead atoms. The van der Waals surface area contributed by atoms with E-state index >= 15 is 0 Å². The van der Waals surface area contributed by atoms with E-state index in [1.165, 1.54) is 0 Å². The number of hydrogen-bond acceptors (Lipinski definition) is 5. The molecule has 26 heavy (non-hydrogen) atoms. The molecule has 0 radical (unpaired) electrons. The predicted octanol–water partition coefficient (Wildman–Crippen LogP) is 1.91. The molecule has 1 aromatic carbocycles. The van der Waals surface area contributed by atoms with Crippen molar-refractivity contribution < 1.29 is 19.4 Å². The smallest absolute Gasteiger partial charge is 0.248 e. The fraction of sp³-hybridized carbons (Fsp3) is 0.588. The standard InChI is InChI=1S/C17H22Cl2N2O4.ClH/c18-14-2-1-11(5-15(14)19)17-12(6-20-3-4-25-17)9-24-10-16(23)21-7-13(22)8-21;/h1-2,5,12-13,17,20,22H,3-4,6-10H2;1H/t12?,17-;/m0./s1. The number of amides is 1. The maximum absolute atomic E-state index is 11.9. The van der Waals surface area contributed by atoms with E-state index in [9.17, 15) is 9.90 Å². The Bertz CT molecular complexity index is 614. The van der Waals surface area contributed by atoms with Crippen LogP contribution in [0.2, 0.25) is 10.0 Å². The fourth-order valence-electron chi connectivity index (χ4n) is 3.04. The van der Waals surface area contributed by atoms with Crippen molar-refractivity contribution in [2.24, 2.45) is 5.92 Å². The van der Waals surface area contributed by atoms with E-state index in [-0.39, 0.29) is 36.9 Å². The summed E-state index contributed by atoms with van der Waals surface area (Å²) in [6.07, 6.45) is -0.576. The van der Waals surface area contributed by atoms with Crippen molar-refractivity contribution in [1.29, 1.82) is 0 Å². The Hall–Kier alpha value is -0.600. The van der Waals surface area contributed by atoms with Gasteiger partial charge < -0.3 is 24.8 Å². The molecule has 0 spiro atoms. The lowest BCUT2D eigenvalue weighted by molar-refractivity contribution is -0.147. The number of ether oxygens (including phenoxy) is 2. The summed E-state index contributed by atoms with van der Waals surface area (Å²) >= 11 is 12.1. The summed E-state index contributed by atoms with van der Waals surface area (Å²) < 4.78 is 11.6. The van der Waals surface area contributed by atoms with Crippen LogP contribution in [0.1, 0.15) is 11.7 Å². The van der Waals surface area contributed by atoms with E-state index in [2.05, 4.69) is 5.32 Å². The van der Waals surface area contributed by atoms with Crippen LogP contribution in [0.4, 0.5) is 0 Å². The van der Waals surface area contributed by atoms with Gasteiger partial charge in [0.05, 0.1) is 35.5 Å². The van der Waals surface area contributed by atoms with Gasteiger partial charge in [0, 0.05) is 32.1 Å². The Morgan fingerprint density at radius 3 is 2.81 bits per heavy atom. The molecule has 1 unspecified atom stereocenters. The van der Waals surface area contributed by atoms with E-state index < -0.39 is 6.10 Å². The highest BCUT2D eigenvalue weighted by molar-refractivity contribution is 6.42. The molecule has 0 saturated carbocycles. The zero-order valence-electron chi connectivity index (χ0n) is 14.2. The molecule has 146 valence electrons. The second-order valence-electron chi connectivity index (χ2n) is 6.40. The summed E-state index contributed by atoms with van der Waals surface area (Å²) in [5.74, 6) is -0.0478. The van der Waals surface area contributed by atoms with E-state index in [4.69, 9.17) is 32.7 Å². The first-order valence-electron chi connectivity index (χ1n) is 8.35. The summed E-state index contributed by atoms with van der Waals surface area (Å²) in [7, 11) is 0. The molecule has 2 heterocycles. The van der Waals surface area contributed by atoms with Crippen molar-refractivity contribution in [2.45, 2.75) is 12.2 Å². The van der Waals surface area contributed by atoms with Gasteiger partial charge in [-0.25, -0.2) is 0 Å². The van der Waals surface area contributed by atoms with Crippen LogP contribution in [-0.2, 0) is 14.3 Å². The molecule has 2 atom stereocenters. The van der Waals surface area contributed by atoms with Gasteiger partial charge in [-0.2, -0.15) is 0 Å². The van der Waals surface area contributed by atoms with Crippen LogP contribution >= 0.6 is 35.6 Å². The highest BCUT2D eigenvalue weighted by atomic mass is 35.5. The average Bonchev–Trinajstić information content (AvgIpc) is 2.80. The van der Waals surface area contributed by atoms with Crippen LogP contribution < -0.4 is 5.32 Å². The fourth-order valence-corrected chi connectivity index (χ4v) is 3.35. The Balaban J connectivity index is 0.00000243. The van der Waals surface area contributed by atoms with Gasteiger partial charge in [0.1, 0.15) is 6.61 Å². The van der Waals surface area contributed by atoms with Crippen molar-refractivity contribution in [3.63, 3.8) is 0 Å². The number of hydrogen-bond donors (Lipinski definition) is 2. The predicted molar refractivity (Wildman–Crippen MR) is 102 cm³/mol. The van der Waals surface area contributed by atoms with Crippen molar-refractivity contribution in [3.8, 4) is 0 Å². The molecule has 1 aromatic rings. The molecule has 2 aliphatic heterocycles. The minimum atomic E-state index is -0.401. The molecule has 0 aromatic heterocycles. The molecule has 9 heteroatoms. The van der Waals surface area contributed by atoms with Gasteiger partial charge >= 0.3 is 0 Å². The van der Waals surface area contributed by atoms with Gasteiger partial charge in [-0.15, -0.1) is 12.4 Å². The largest absolute Gasteiger partial charge is 0.389 e. The summed E-state index contributed by atoms with van der Waals surface area (Å²) in [5, 5.41) is 13.6. The number of aliphatic hydroxyl groups excluding tert-OH is 1. The van der Waals surface area contributed by atoms with Crippen LogP contribution in [0.25, 0.3) is 0 Å². The van der Waals surface area contributed by atoms with E-state index in [0.717, 1.165) is 18.7 Å². The van der Waals surface area contributed by atoms with Gasteiger partial charge in [-0.1, -0.05) is 29.3 Å². The van der Waals surface area contributed by atoms with Gasteiger partial charge in [-0.3, -0.25) is 4.79 Å². The van der Waals surface area contributed by atoms with Crippen molar-refractivity contribution in [3.05, 3.63) is 33.8 Å². The number of nitrogens with one attached hydrogen (secondary N) is 1. The molecule has 0 aliphatic carbocycles. The first-order chi connectivity index (χ1) is 12.0. The van der Waals surface area contributed by atoms with E-state index in [1.807, 2.05) is 12.1 Å². The minimum Gasteiger partial charge on any atom is -0.389 e. The highest BCUT2D eigenvalue weighted by Crippen LogP contribution is 2.32. The summed E-state index contributed by atoms with van der Waals surface area (Å²) in [6, 6.07) is 5.49. The average molecular weight is 426 g/mol. The van der Waals surface area contributed by atoms with Crippen molar-refractivity contribution >= 4 is 41.5 Å². The number of β-amino-alcohol motifs (C(OH)–C–C–N with tert-alkyl or cyclic N) is 1. The molecule has 6 nitrogen and oxygen atoms in total. The number of nitrogens with zero attached hydrogens (tertiary/aromatic N) is 1. The number of benzene rings is 1. The van der Waals surface area contributed by atoms with Crippen molar-refractivity contribution in [1.82, 2.24) is 10.2 Å². The SMILES string of the molecule is Cl.O=C(COCC1CNCCO[C@H]1c1ccc(Cl)c(Cl)c1)N1CC(O)C1. The van der Waals surface area contributed by atoms with Crippen molar-refractivity contribution in [2.75, 3.05) is 46.0 Å². The number of carbonyl (C=O) groups excluding carboxylic acids is 1. The third-order valence-electron chi connectivity index (χ3n) is 4.46. The summed E-state index contributed by atoms with van der Waals surface area (Å²) in [5.41, 5.74) is 0.948. The normalized spacial score (nSPS) is 23.7. The van der Waals surface area contributed by atoms with Crippen LogP contribution in [0, 0.1) is 5.92 Å². The number of likely N-dealkylation sites (tertiary alicyclic amines) is 1. The Kier molecular flexibility index (Phi) is 8.41. The maximum atomic E-state index is 11.9. The van der Waals surface area contributed by atoms with E-state index in [1.54, 1.807) is 11.0 Å². The number of carbonyl (C=O) groups is 1. The second-order valence-corrected chi connectivity index (χ2v) is 7.21. The van der Waals surface area contributed by atoms with Crippen LogP contribution in [0.15, 0.2) is 18.2 Å². The van der Waals surface area contributed by atoms with Crippen LogP contribution in [-0.4, -0.2) is 68.0 Å². The zero-order chi connectivity index (χ0) is 17.8. The van der Waals surface area contributed by atoms with Crippen LogP contribution in [0.5, 0.6) is 0 Å². The van der Waals surface area contributed by atoms with Gasteiger partial charge in [0.15, 0.2) is 0 Å². The first kappa shape index (κ1) is 21.7. The highest BCUT2D eigenvalue weighted by Gasteiger charge is 2.30. The van der Waals surface area contributed by atoms with Gasteiger partial charge in [-0.05, 0) is 17.7 Å². The zero-order valence-corrected chi connectivity index (χ0v) is 16.5. The molecule has 2 saturated heterocycles. The lowest BCUT2D eigenvalue weighted by atomic mass is 9.96. The lowest BCUT2D eigenvalue weighted by Crippen LogP contribution is -2.54. The van der Waals surface area contributed by atoms with Crippen LogP contribution in [0.3, 0.4) is 0 Å². The third-order valence-corrected chi connectivity index (χ3v) is 5.19. The molecule has 1 amide bonds. The topological polar surface area (TPSA) is 71.0 Å². The van der Waals surface area contributed by atoms with E-state index in [0.29, 0.717) is 36.3 Å². The molecular formula is C17H23Cl3N2O4. The third kappa shape index (κ3) is 5.45. The second kappa shape index (κ2) is 10.1. The molecule has 2 fully saturated rings. The number of halogens is 3. The molecule has 3 rings (SSSR count). The summed E-state index contributed by atoms with van der Waals surface area (Å²) in [4.78, 5) is 13.5. The first-order valence-corrected chi connectivity index (χ1v) is 9.11. The summed E-state index contributed by atoms with van der Waals surface area (Å²) in [6.45, 7) is 3.26. The van der Waals surface area contributed by atoms with Gasteiger partial charge in [0.25, 0.3) is 0 Å². The number of aliphatic hydroxyl groups is 1.